The highest BCUT2D eigenvalue weighted by molar-refractivity contribution is 5.76. The molecule has 0 aliphatic carbocycles. The molecule has 0 amide bonds. The first-order valence-corrected chi connectivity index (χ1v) is 4.01. The van der Waals surface area contributed by atoms with E-state index in [2.05, 4.69) is 11.9 Å². The van der Waals surface area contributed by atoms with Gasteiger partial charge in [-0.2, -0.15) is 0 Å². The second-order valence-corrected chi connectivity index (χ2v) is 2.44. The zero-order valence-electron chi connectivity index (χ0n) is 7.01. The molecule has 0 atom stereocenters. The molecular formula is C7H17N3O. The fourth-order valence-corrected chi connectivity index (χ4v) is 0.773. The van der Waals surface area contributed by atoms with Gasteiger partial charge in [0.05, 0.1) is 0 Å². The third kappa shape index (κ3) is 7.12. The van der Waals surface area contributed by atoms with Crippen LogP contribution in [0, 0.1) is 0 Å². The number of hydrogen-bond acceptors (Lipinski definition) is 2. The maximum Gasteiger partial charge on any atom is 0.212 e. The topological polar surface area (TPSA) is 70.6 Å². The van der Waals surface area contributed by atoms with E-state index in [0.29, 0.717) is 6.54 Å². The predicted octanol–water partition coefficient (Wildman–Crippen LogP) is 0.860. The highest BCUT2D eigenvalue weighted by atomic mass is 16.5. The van der Waals surface area contributed by atoms with Gasteiger partial charge in [0.2, 0.25) is 5.96 Å². The van der Waals surface area contributed by atoms with Crippen LogP contribution in [0.3, 0.4) is 0 Å². The average molecular weight is 159 g/mol. The first kappa shape index (κ1) is 10.2. The van der Waals surface area contributed by atoms with Gasteiger partial charge in [-0.05, 0) is 6.42 Å². The van der Waals surface area contributed by atoms with Crippen molar-refractivity contribution in [3.63, 3.8) is 0 Å². The number of hydroxylamine groups is 1. The van der Waals surface area contributed by atoms with E-state index in [1.165, 1.54) is 19.3 Å². The lowest BCUT2D eigenvalue weighted by atomic mass is 10.2. The van der Waals surface area contributed by atoms with Gasteiger partial charge in [0.15, 0.2) is 0 Å². The summed E-state index contributed by atoms with van der Waals surface area (Å²) < 4.78 is 0. The molecule has 11 heavy (non-hydrogen) atoms. The van der Waals surface area contributed by atoms with E-state index >= 15 is 0 Å². The number of aliphatic imine (C=N–C) groups is 1. The van der Waals surface area contributed by atoms with Gasteiger partial charge in [-0.1, -0.05) is 26.2 Å². The molecule has 0 aromatic carbocycles. The molecule has 0 saturated carbocycles. The van der Waals surface area contributed by atoms with E-state index in [1.54, 1.807) is 5.48 Å². The van der Waals surface area contributed by atoms with Gasteiger partial charge in [-0.3, -0.25) is 10.2 Å². The number of hydrogen-bond donors (Lipinski definition) is 3. The quantitative estimate of drug-likeness (QED) is 0.241. The largest absolute Gasteiger partial charge is 0.368 e. The van der Waals surface area contributed by atoms with E-state index in [0.717, 1.165) is 6.42 Å². The number of guanidine groups is 1. The molecule has 0 rings (SSSR count). The maximum absolute atomic E-state index is 8.23. The Morgan fingerprint density at radius 3 is 2.73 bits per heavy atom. The third-order valence-corrected chi connectivity index (χ3v) is 1.41. The van der Waals surface area contributed by atoms with Crippen LogP contribution in [0.1, 0.15) is 32.6 Å². The van der Waals surface area contributed by atoms with E-state index in [-0.39, 0.29) is 5.96 Å². The predicted molar refractivity (Wildman–Crippen MR) is 45.6 cm³/mol. The minimum absolute atomic E-state index is 0.0986. The Morgan fingerprint density at radius 1 is 1.45 bits per heavy atom. The monoisotopic (exact) mass is 159 g/mol. The zero-order chi connectivity index (χ0) is 8.53. The SMILES string of the molecule is CCCCCCN=C(N)NO. The number of nitrogens with one attached hydrogen (secondary N) is 1. The summed E-state index contributed by atoms with van der Waals surface area (Å²) in [6, 6.07) is 0. The van der Waals surface area contributed by atoms with Crippen molar-refractivity contribution in [3.05, 3.63) is 0 Å². The molecule has 0 aliphatic heterocycles. The molecular weight excluding hydrogens is 142 g/mol. The van der Waals surface area contributed by atoms with E-state index in [1.807, 2.05) is 0 Å². The first-order valence-electron chi connectivity index (χ1n) is 4.01. The lowest BCUT2D eigenvalue weighted by molar-refractivity contribution is 0.232. The van der Waals surface area contributed by atoms with Gasteiger partial charge < -0.3 is 5.73 Å². The van der Waals surface area contributed by atoms with E-state index in [9.17, 15) is 0 Å². The molecule has 0 spiro atoms. The van der Waals surface area contributed by atoms with Crippen LogP contribution in [-0.2, 0) is 0 Å². The van der Waals surface area contributed by atoms with Crippen LogP contribution in [0.15, 0.2) is 4.99 Å². The van der Waals surface area contributed by atoms with Crippen molar-refractivity contribution in [3.8, 4) is 0 Å². The average Bonchev–Trinajstić information content (AvgIpc) is 2.04. The molecule has 0 aliphatic rings. The Bertz CT molecular complexity index is 114. The van der Waals surface area contributed by atoms with Crippen LogP contribution in [0.5, 0.6) is 0 Å². The van der Waals surface area contributed by atoms with E-state index in [4.69, 9.17) is 10.9 Å². The van der Waals surface area contributed by atoms with Gasteiger partial charge in [-0.25, -0.2) is 5.48 Å². The summed E-state index contributed by atoms with van der Waals surface area (Å²) in [5.74, 6) is 0.0986. The second kappa shape index (κ2) is 7.34. The number of unbranched alkanes of at least 4 members (excludes halogenated alkanes) is 3. The van der Waals surface area contributed by atoms with Crippen molar-refractivity contribution in [1.29, 1.82) is 0 Å². The molecule has 0 bridgehead atoms. The summed E-state index contributed by atoms with van der Waals surface area (Å²) in [5.41, 5.74) is 6.96. The van der Waals surface area contributed by atoms with E-state index < -0.39 is 0 Å². The summed E-state index contributed by atoms with van der Waals surface area (Å²) in [6.45, 7) is 2.85. The Balaban J connectivity index is 3.12. The van der Waals surface area contributed by atoms with Crippen LogP contribution in [0.2, 0.25) is 0 Å². The number of rotatable bonds is 5. The fraction of sp³-hybridized carbons (Fsp3) is 0.857. The summed E-state index contributed by atoms with van der Waals surface area (Å²) in [6.07, 6.45) is 4.67. The normalized spacial score (nSPS) is 11.6. The standard InChI is InChI=1S/C7H17N3O/c1-2-3-4-5-6-9-7(8)10-11/h11H,2-6H2,1H3,(H3,8,9,10). The van der Waals surface area contributed by atoms with Crippen molar-refractivity contribution in [2.75, 3.05) is 6.54 Å². The van der Waals surface area contributed by atoms with Crippen LogP contribution in [0.4, 0.5) is 0 Å². The van der Waals surface area contributed by atoms with Crippen molar-refractivity contribution in [1.82, 2.24) is 5.48 Å². The Morgan fingerprint density at radius 2 is 2.18 bits per heavy atom. The summed E-state index contributed by atoms with van der Waals surface area (Å²) >= 11 is 0. The lowest BCUT2D eigenvalue weighted by Gasteiger charge is -1.97. The van der Waals surface area contributed by atoms with Gasteiger partial charge >= 0.3 is 0 Å². The van der Waals surface area contributed by atoms with Crippen LogP contribution >= 0.6 is 0 Å². The fourth-order valence-electron chi connectivity index (χ4n) is 0.773. The second-order valence-electron chi connectivity index (χ2n) is 2.44. The number of nitrogens with zero attached hydrogens (tertiary/aromatic N) is 1. The smallest absolute Gasteiger partial charge is 0.212 e. The Kier molecular flexibility index (Phi) is 6.82. The van der Waals surface area contributed by atoms with Gasteiger partial charge in [-0.15, -0.1) is 0 Å². The molecule has 0 aromatic heterocycles. The molecule has 4 nitrogen and oxygen atoms in total. The highest BCUT2D eigenvalue weighted by Crippen LogP contribution is 1.97. The summed E-state index contributed by atoms with van der Waals surface area (Å²) in [7, 11) is 0. The van der Waals surface area contributed by atoms with Crippen molar-refractivity contribution in [2.45, 2.75) is 32.6 Å². The van der Waals surface area contributed by atoms with Gasteiger partial charge in [0.1, 0.15) is 0 Å². The van der Waals surface area contributed by atoms with Crippen molar-refractivity contribution in [2.24, 2.45) is 10.7 Å². The molecule has 0 saturated heterocycles. The first-order chi connectivity index (χ1) is 5.31. The maximum atomic E-state index is 8.23. The van der Waals surface area contributed by atoms with Crippen LogP contribution < -0.4 is 11.2 Å². The van der Waals surface area contributed by atoms with Crippen LogP contribution in [-0.4, -0.2) is 17.7 Å². The van der Waals surface area contributed by atoms with Crippen molar-refractivity contribution >= 4 is 5.96 Å². The molecule has 0 radical (unpaired) electrons. The molecule has 0 heterocycles. The highest BCUT2D eigenvalue weighted by Gasteiger charge is 1.87. The molecule has 66 valence electrons. The minimum Gasteiger partial charge on any atom is -0.368 e. The number of nitrogens with two attached hydrogens (primary N) is 1. The summed E-state index contributed by atoms with van der Waals surface area (Å²) in [5, 5.41) is 8.23. The van der Waals surface area contributed by atoms with Gasteiger partial charge in [0, 0.05) is 6.54 Å². The Labute approximate surface area is 67.5 Å². The molecule has 4 heteroatoms. The van der Waals surface area contributed by atoms with Crippen molar-refractivity contribution < 1.29 is 5.21 Å². The third-order valence-electron chi connectivity index (χ3n) is 1.41. The Hall–Kier alpha value is -0.770. The minimum atomic E-state index is 0.0986. The zero-order valence-corrected chi connectivity index (χ0v) is 7.01. The molecule has 0 aromatic rings. The lowest BCUT2D eigenvalue weighted by Crippen LogP contribution is -2.28. The van der Waals surface area contributed by atoms with Crippen LogP contribution in [0.25, 0.3) is 0 Å². The van der Waals surface area contributed by atoms with Gasteiger partial charge in [0.25, 0.3) is 0 Å². The molecule has 4 N–H and O–H groups in total. The molecule has 0 unspecified atom stereocenters. The summed E-state index contributed by atoms with van der Waals surface area (Å²) in [4.78, 5) is 3.85. The molecule has 0 fully saturated rings.